The summed E-state index contributed by atoms with van der Waals surface area (Å²) in [5, 5.41) is 3.34. The lowest BCUT2D eigenvalue weighted by Crippen LogP contribution is -2.51. The van der Waals surface area contributed by atoms with Crippen LogP contribution < -0.4 is 5.32 Å². The van der Waals surface area contributed by atoms with Crippen LogP contribution in [0.25, 0.3) is 0 Å². The maximum absolute atomic E-state index is 4.03. The van der Waals surface area contributed by atoms with Crippen molar-refractivity contribution in [2.45, 2.75) is 33.7 Å². The van der Waals surface area contributed by atoms with E-state index < -0.39 is 0 Å². The van der Waals surface area contributed by atoms with Crippen LogP contribution >= 0.6 is 0 Å². The van der Waals surface area contributed by atoms with Gasteiger partial charge in [-0.15, -0.1) is 0 Å². The van der Waals surface area contributed by atoms with Gasteiger partial charge in [-0.1, -0.05) is 20.4 Å². The summed E-state index contributed by atoms with van der Waals surface area (Å²) in [6, 6.07) is 0.491. The molecule has 0 bridgehead atoms. The van der Waals surface area contributed by atoms with E-state index in [-0.39, 0.29) is 0 Å². The normalized spacial score (nSPS) is 17.8. The van der Waals surface area contributed by atoms with E-state index >= 15 is 0 Å². The maximum atomic E-state index is 4.03. The summed E-state index contributed by atoms with van der Waals surface area (Å²) in [5.74, 6) is 2.76. The highest BCUT2D eigenvalue weighted by atomic mass is 15.3. The average Bonchev–Trinajstić information content (AvgIpc) is 1.79. The molecule has 1 aliphatic heterocycles. The van der Waals surface area contributed by atoms with Gasteiger partial charge in [0.1, 0.15) is 0 Å². The SMILES string of the molecule is C=C(NC(C)C)N1CC(C(C)C)C1. The molecule has 0 atom stereocenters. The van der Waals surface area contributed by atoms with Gasteiger partial charge in [0.25, 0.3) is 0 Å². The fraction of sp³-hybridized carbons (Fsp3) is 0.818. The van der Waals surface area contributed by atoms with Crippen molar-refractivity contribution < 1.29 is 0 Å². The summed E-state index contributed by atoms with van der Waals surface area (Å²) in [7, 11) is 0. The molecule has 0 spiro atoms. The van der Waals surface area contributed by atoms with Crippen molar-refractivity contribution in [3.8, 4) is 0 Å². The number of nitrogens with zero attached hydrogens (tertiary/aromatic N) is 1. The average molecular weight is 182 g/mol. The third kappa shape index (κ3) is 2.64. The third-order valence-electron chi connectivity index (χ3n) is 2.69. The Bertz CT molecular complexity index is 179. The molecule has 1 aliphatic rings. The van der Waals surface area contributed by atoms with Crippen molar-refractivity contribution in [2.75, 3.05) is 13.1 Å². The number of nitrogens with one attached hydrogen (secondary N) is 1. The molecule has 0 aromatic heterocycles. The monoisotopic (exact) mass is 182 g/mol. The summed E-state index contributed by atoms with van der Waals surface area (Å²) in [4.78, 5) is 2.32. The first-order valence-electron chi connectivity index (χ1n) is 5.21. The van der Waals surface area contributed by atoms with E-state index in [1.54, 1.807) is 0 Å². The third-order valence-corrected chi connectivity index (χ3v) is 2.69. The number of rotatable bonds is 4. The minimum atomic E-state index is 0.491. The van der Waals surface area contributed by atoms with Crippen molar-refractivity contribution in [1.82, 2.24) is 10.2 Å². The van der Waals surface area contributed by atoms with Crippen molar-refractivity contribution in [3.05, 3.63) is 12.4 Å². The first-order chi connectivity index (χ1) is 6.00. The molecule has 0 unspecified atom stereocenters. The smallest absolute Gasteiger partial charge is 0.0940 e. The van der Waals surface area contributed by atoms with Gasteiger partial charge < -0.3 is 10.2 Å². The maximum Gasteiger partial charge on any atom is 0.0940 e. The molecular weight excluding hydrogens is 160 g/mol. The van der Waals surface area contributed by atoms with Crippen LogP contribution in [0.4, 0.5) is 0 Å². The molecular formula is C11H22N2. The fourth-order valence-corrected chi connectivity index (χ4v) is 1.58. The summed E-state index contributed by atoms with van der Waals surface area (Å²) in [5.41, 5.74) is 0. The van der Waals surface area contributed by atoms with Crippen molar-refractivity contribution >= 4 is 0 Å². The van der Waals surface area contributed by atoms with Gasteiger partial charge in [0.15, 0.2) is 0 Å². The van der Waals surface area contributed by atoms with E-state index in [0.29, 0.717) is 6.04 Å². The second-order valence-electron chi connectivity index (χ2n) is 4.65. The molecule has 13 heavy (non-hydrogen) atoms. The summed E-state index contributed by atoms with van der Waals surface area (Å²) >= 11 is 0. The van der Waals surface area contributed by atoms with Gasteiger partial charge in [0.05, 0.1) is 5.82 Å². The van der Waals surface area contributed by atoms with Crippen molar-refractivity contribution in [3.63, 3.8) is 0 Å². The van der Waals surface area contributed by atoms with Crippen LogP contribution in [0.3, 0.4) is 0 Å². The van der Waals surface area contributed by atoms with Crippen LogP contribution in [0, 0.1) is 11.8 Å². The number of likely N-dealkylation sites (tertiary alicyclic amines) is 1. The molecule has 0 aromatic rings. The number of hydrogen-bond acceptors (Lipinski definition) is 2. The minimum absolute atomic E-state index is 0.491. The molecule has 1 fully saturated rings. The van der Waals surface area contributed by atoms with Gasteiger partial charge >= 0.3 is 0 Å². The molecule has 0 aromatic carbocycles. The topological polar surface area (TPSA) is 15.3 Å². The Morgan fingerprint density at radius 2 is 1.85 bits per heavy atom. The van der Waals surface area contributed by atoms with Gasteiger partial charge in [-0.25, -0.2) is 0 Å². The largest absolute Gasteiger partial charge is 0.370 e. The standard InChI is InChI=1S/C11H22N2/c1-8(2)11-6-13(7-11)10(5)12-9(3)4/h8-9,11-12H,5-7H2,1-4H3. The van der Waals surface area contributed by atoms with Gasteiger partial charge in [0, 0.05) is 19.1 Å². The molecule has 2 nitrogen and oxygen atoms in total. The highest BCUT2D eigenvalue weighted by Gasteiger charge is 2.29. The fourth-order valence-electron chi connectivity index (χ4n) is 1.58. The molecule has 1 N–H and O–H groups in total. The van der Waals surface area contributed by atoms with Gasteiger partial charge in [-0.05, 0) is 25.7 Å². The minimum Gasteiger partial charge on any atom is -0.370 e. The quantitative estimate of drug-likeness (QED) is 0.716. The second kappa shape index (κ2) is 4.03. The Morgan fingerprint density at radius 3 is 2.23 bits per heavy atom. The molecule has 1 saturated heterocycles. The lowest BCUT2D eigenvalue weighted by atomic mass is 9.88. The lowest BCUT2D eigenvalue weighted by molar-refractivity contribution is 0.0949. The van der Waals surface area contributed by atoms with Gasteiger partial charge in [-0.2, -0.15) is 0 Å². The van der Waals surface area contributed by atoms with E-state index in [0.717, 1.165) is 17.7 Å². The Balaban J connectivity index is 2.23. The first-order valence-corrected chi connectivity index (χ1v) is 5.21. The molecule has 0 amide bonds. The molecule has 0 aliphatic carbocycles. The Morgan fingerprint density at radius 1 is 1.31 bits per heavy atom. The molecule has 0 radical (unpaired) electrons. The summed E-state index contributed by atoms with van der Waals surface area (Å²) < 4.78 is 0. The summed E-state index contributed by atoms with van der Waals surface area (Å²) in [6.07, 6.45) is 0. The molecule has 2 heteroatoms. The molecule has 1 heterocycles. The van der Waals surface area contributed by atoms with Gasteiger partial charge in [0.2, 0.25) is 0 Å². The van der Waals surface area contributed by atoms with E-state index in [2.05, 4.69) is 44.5 Å². The Labute approximate surface area is 82.0 Å². The summed E-state index contributed by atoms with van der Waals surface area (Å²) in [6.45, 7) is 15.3. The lowest BCUT2D eigenvalue weighted by Gasteiger charge is -2.44. The van der Waals surface area contributed by atoms with Crippen LogP contribution in [0.15, 0.2) is 12.4 Å². The van der Waals surface area contributed by atoms with Crippen LogP contribution in [0.1, 0.15) is 27.7 Å². The zero-order chi connectivity index (χ0) is 10.0. The zero-order valence-electron chi connectivity index (χ0n) is 9.30. The van der Waals surface area contributed by atoms with Crippen LogP contribution in [0.2, 0.25) is 0 Å². The van der Waals surface area contributed by atoms with E-state index in [1.165, 1.54) is 13.1 Å². The van der Waals surface area contributed by atoms with Crippen molar-refractivity contribution in [1.29, 1.82) is 0 Å². The van der Waals surface area contributed by atoms with E-state index in [4.69, 9.17) is 0 Å². The molecule has 76 valence electrons. The van der Waals surface area contributed by atoms with E-state index in [9.17, 15) is 0 Å². The van der Waals surface area contributed by atoms with Gasteiger partial charge in [-0.3, -0.25) is 0 Å². The second-order valence-corrected chi connectivity index (χ2v) is 4.65. The molecule has 0 saturated carbocycles. The van der Waals surface area contributed by atoms with Crippen molar-refractivity contribution in [2.24, 2.45) is 11.8 Å². The Hall–Kier alpha value is -0.660. The first kappa shape index (κ1) is 10.4. The van der Waals surface area contributed by atoms with Crippen LogP contribution in [-0.2, 0) is 0 Å². The number of hydrogen-bond donors (Lipinski definition) is 1. The Kier molecular flexibility index (Phi) is 3.23. The predicted octanol–water partition coefficient (Wildman–Crippen LogP) is 2.04. The predicted molar refractivity (Wildman–Crippen MR) is 57.3 cm³/mol. The van der Waals surface area contributed by atoms with Crippen LogP contribution in [-0.4, -0.2) is 24.0 Å². The zero-order valence-corrected chi connectivity index (χ0v) is 9.30. The highest BCUT2D eigenvalue weighted by molar-refractivity contribution is 4.99. The van der Waals surface area contributed by atoms with E-state index in [1.807, 2.05) is 0 Å². The molecule has 1 rings (SSSR count). The van der Waals surface area contributed by atoms with Crippen LogP contribution in [0.5, 0.6) is 0 Å². The highest BCUT2D eigenvalue weighted by Crippen LogP contribution is 2.25.